The Morgan fingerprint density at radius 2 is 2.08 bits per heavy atom. The van der Waals surface area contributed by atoms with Gasteiger partial charge in [0.05, 0.1) is 12.7 Å². The van der Waals surface area contributed by atoms with Gasteiger partial charge in [0.15, 0.2) is 11.6 Å². The van der Waals surface area contributed by atoms with Crippen LogP contribution in [0.15, 0.2) is 18.7 Å². The molecule has 0 N–H and O–H groups in total. The summed E-state index contributed by atoms with van der Waals surface area (Å²) >= 11 is 0. The van der Waals surface area contributed by atoms with E-state index in [1.807, 2.05) is 0 Å². The average Bonchev–Trinajstić information content (AvgIpc) is 2.09. The zero-order valence-electron chi connectivity index (χ0n) is 6.60. The molecular weight excluding hydrogens is 162 g/mol. The summed E-state index contributed by atoms with van der Waals surface area (Å²) in [6.45, 7) is 3.35. The van der Waals surface area contributed by atoms with E-state index in [0.717, 1.165) is 6.07 Å². The molecule has 0 heterocycles. The van der Waals surface area contributed by atoms with Crippen LogP contribution in [0.3, 0.4) is 0 Å². The number of methoxy groups -OCH3 is 1. The molecule has 0 aliphatic rings. The van der Waals surface area contributed by atoms with E-state index in [4.69, 9.17) is 4.74 Å². The van der Waals surface area contributed by atoms with E-state index in [-0.39, 0.29) is 11.3 Å². The molecule has 3 heteroatoms. The second-order valence-electron chi connectivity index (χ2n) is 2.18. The third-order valence-electron chi connectivity index (χ3n) is 1.52. The van der Waals surface area contributed by atoms with Crippen LogP contribution in [-0.2, 0) is 0 Å². The number of ether oxygens (including phenoxy) is 1. The average molecular weight is 170 g/mol. The number of benzene rings is 1. The number of rotatable bonds is 2. The second-order valence-corrected chi connectivity index (χ2v) is 2.18. The molecule has 12 heavy (non-hydrogen) atoms. The van der Waals surface area contributed by atoms with E-state index in [0.29, 0.717) is 0 Å². The van der Waals surface area contributed by atoms with E-state index in [1.54, 1.807) is 0 Å². The molecule has 0 atom stereocenters. The molecule has 0 aromatic heterocycles. The Morgan fingerprint density at radius 3 is 2.58 bits per heavy atom. The zero-order chi connectivity index (χ0) is 9.14. The van der Waals surface area contributed by atoms with E-state index < -0.39 is 11.6 Å². The summed E-state index contributed by atoms with van der Waals surface area (Å²) in [5.41, 5.74) is 0.0532. The van der Waals surface area contributed by atoms with Crippen LogP contribution in [-0.4, -0.2) is 7.11 Å². The van der Waals surface area contributed by atoms with Crippen LogP contribution in [0.1, 0.15) is 5.56 Å². The fourth-order valence-electron chi connectivity index (χ4n) is 0.917. The lowest BCUT2D eigenvalue weighted by atomic mass is 10.2. The Balaban J connectivity index is 3.35. The molecule has 0 unspecified atom stereocenters. The first kappa shape index (κ1) is 8.71. The molecule has 1 rings (SSSR count). The van der Waals surface area contributed by atoms with Crippen LogP contribution in [0, 0.1) is 11.6 Å². The predicted molar refractivity (Wildman–Crippen MR) is 43.0 cm³/mol. The highest BCUT2D eigenvalue weighted by Crippen LogP contribution is 2.24. The van der Waals surface area contributed by atoms with Crippen molar-refractivity contribution in [2.45, 2.75) is 0 Å². The SMILES string of the molecule is C=Cc1c(OC)ccc(F)c1F. The van der Waals surface area contributed by atoms with Gasteiger partial charge in [-0.05, 0) is 12.1 Å². The quantitative estimate of drug-likeness (QED) is 0.662. The number of hydrogen-bond donors (Lipinski definition) is 0. The van der Waals surface area contributed by atoms with Crippen LogP contribution in [0.2, 0.25) is 0 Å². The summed E-state index contributed by atoms with van der Waals surface area (Å²) in [6.07, 6.45) is 1.22. The molecule has 0 aliphatic carbocycles. The first-order valence-electron chi connectivity index (χ1n) is 3.35. The van der Waals surface area contributed by atoms with Gasteiger partial charge in [0.2, 0.25) is 0 Å². The Bertz CT molecular complexity index is 308. The lowest BCUT2D eigenvalue weighted by molar-refractivity contribution is 0.405. The Labute approximate surface area is 69.3 Å². The van der Waals surface area contributed by atoms with Crippen molar-refractivity contribution in [3.05, 3.63) is 35.9 Å². The van der Waals surface area contributed by atoms with Crippen molar-refractivity contribution < 1.29 is 13.5 Å². The van der Waals surface area contributed by atoms with Crippen LogP contribution < -0.4 is 4.74 Å². The third-order valence-corrected chi connectivity index (χ3v) is 1.52. The van der Waals surface area contributed by atoms with Crippen molar-refractivity contribution in [2.24, 2.45) is 0 Å². The van der Waals surface area contributed by atoms with Crippen molar-refractivity contribution in [2.75, 3.05) is 7.11 Å². The normalized spacial score (nSPS) is 9.58. The molecule has 0 radical (unpaired) electrons. The molecule has 0 bridgehead atoms. The minimum absolute atomic E-state index is 0.0532. The summed E-state index contributed by atoms with van der Waals surface area (Å²) in [7, 11) is 1.39. The van der Waals surface area contributed by atoms with Crippen molar-refractivity contribution >= 4 is 6.08 Å². The molecule has 0 spiro atoms. The van der Waals surface area contributed by atoms with Crippen LogP contribution in [0.25, 0.3) is 6.08 Å². The standard InChI is InChI=1S/C9H8F2O/c1-3-6-8(12-2)5-4-7(10)9(6)11/h3-5H,1H2,2H3. The maximum absolute atomic E-state index is 12.9. The zero-order valence-corrected chi connectivity index (χ0v) is 6.60. The summed E-state index contributed by atoms with van der Waals surface area (Å²) in [5, 5.41) is 0. The van der Waals surface area contributed by atoms with Gasteiger partial charge in [0.1, 0.15) is 5.75 Å². The molecule has 0 saturated heterocycles. The van der Waals surface area contributed by atoms with E-state index >= 15 is 0 Å². The number of hydrogen-bond acceptors (Lipinski definition) is 1. The molecule has 64 valence electrons. The third kappa shape index (κ3) is 1.30. The lowest BCUT2D eigenvalue weighted by Crippen LogP contribution is -1.93. The smallest absolute Gasteiger partial charge is 0.169 e. The van der Waals surface area contributed by atoms with E-state index in [1.165, 1.54) is 19.3 Å². The molecule has 1 nitrogen and oxygen atoms in total. The van der Waals surface area contributed by atoms with E-state index in [2.05, 4.69) is 6.58 Å². The van der Waals surface area contributed by atoms with Gasteiger partial charge in [-0.1, -0.05) is 12.7 Å². The molecule has 0 fully saturated rings. The molecule has 1 aromatic carbocycles. The van der Waals surface area contributed by atoms with Gasteiger partial charge in [-0.2, -0.15) is 0 Å². The molecule has 1 aromatic rings. The van der Waals surface area contributed by atoms with Gasteiger partial charge in [-0.3, -0.25) is 0 Å². The van der Waals surface area contributed by atoms with Crippen molar-refractivity contribution in [1.82, 2.24) is 0 Å². The summed E-state index contributed by atoms with van der Waals surface area (Å²) in [6, 6.07) is 2.37. The first-order chi connectivity index (χ1) is 5.70. The maximum Gasteiger partial charge on any atom is 0.169 e. The fraction of sp³-hybridized carbons (Fsp3) is 0.111. The minimum Gasteiger partial charge on any atom is -0.496 e. The van der Waals surface area contributed by atoms with Gasteiger partial charge in [0, 0.05) is 0 Å². The van der Waals surface area contributed by atoms with Crippen LogP contribution in [0.4, 0.5) is 8.78 Å². The molecule has 0 amide bonds. The highest BCUT2D eigenvalue weighted by atomic mass is 19.2. The predicted octanol–water partition coefficient (Wildman–Crippen LogP) is 2.62. The van der Waals surface area contributed by atoms with Gasteiger partial charge in [-0.15, -0.1) is 0 Å². The summed E-state index contributed by atoms with van der Waals surface area (Å²) in [4.78, 5) is 0. The Morgan fingerprint density at radius 1 is 1.42 bits per heavy atom. The van der Waals surface area contributed by atoms with Gasteiger partial charge >= 0.3 is 0 Å². The Hall–Kier alpha value is -1.38. The molecule has 0 aliphatic heterocycles. The lowest BCUT2D eigenvalue weighted by Gasteiger charge is -2.05. The molecular formula is C9H8F2O. The van der Waals surface area contributed by atoms with Gasteiger partial charge < -0.3 is 4.74 Å². The van der Waals surface area contributed by atoms with Crippen LogP contribution in [0.5, 0.6) is 5.75 Å². The van der Waals surface area contributed by atoms with Crippen LogP contribution >= 0.6 is 0 Å². The highest BCUT2D eigenvalue weighted by molar-refractivity contribution is 5.56. The highest BCUT2D eigenvalue weighted by Gasteiger charge is 2.10. The van der Waals surface area contributed by atoms with Crippen molar-refractivity contribution in [3.8, 4) is 5.75 Å². The van der Waals surface area contributed by atoms with Gasteiger partial charge in [0.25, 0.3) is 0 Å². The largest absolute Gasteiger partial charge is 0.496 e. The fourth-order valence-corrected chi connectivity index (χ4v) is 0.917. The topological polar surface area (TPSA) is 9.23 Å². The summed E-state index contributed by atoms with van der Waals surface area (Å²) < 4.78 is 30.3. The minimum atomic E-state index is -0.927. The summed E-state index contributed by atoms with van der Waals surface area (Å²) in [5.74, 6) is -1.54. The first-order valence-corrected chi connectivity index (χ1v) is 3.35. The second kappa shape index (κ2) is 3.34. The maximum atomic E-state index is 12.9. The Kier molecular flexibility index (Phi) is 2.43. The molecule has 0 saturated carbocycles. The van der Waals surface area contributed by atoms with Crippen molar-refractivity contribution in [3.63, 3.8) is 0 Å². The van der Waals surface area contributed by atoms with Crippen molar-refractivity contribution in [1.29, 1.82) is 0 Å². The van der Waals surface area contributed by atoms with Gasteiger partial charge in [-0.25, -0.2) is 8.78 Å². The monoisotopic (exact) mass is 170 g/mol. The van der Waals surface area contributed by atoms with E-state index in [9.17, 15) is 8.78 Å². The number of halogens is 2.